The molecule has 0 bridgehead atoms. The van der Waals surface area contributed by atoms with E-state index in [0.717, 1.165) is 11.1 Å². The minimum Gasteiger partial charge on any atom is -0.394 e. The van der Waals surface area contributed by atoms with Gasteiger partial charge in [-0.15, -0.1) is 0 Å². The van der Waals surface area contributed by atoms with Crippen molar-refractivity contribution in [2.75, 3.05) is 13.2 Å². The Morgan fingerprint density at radius 2 is 1.29 bits per heavy atom. The fourth-order valence-electron chi connectivity index (χ4n) is 1.80. The molecular formula is C17H21O6P. The highest BCUT2D eigenvalue weighted by Gasteiger charge is 2.28. The van der Waals surface area contributed by atoms with E-state index in [-0.39, 0.29) is 19.8 Å². The molecular weight excluding hydrogens is 331 g/mol. The van der Waals surface area contributed by atoms with Gasteiger partial charge in [-0.1, -0.05) is 60.7 Å². The van der Waals surface area contributed by atoms with Gasteiger partial charge >= 0.3 is 7.82 Å². The van der Waals surface area contributed by atoms with Crippen molar-refractivity contribution in [3.63, 3.8) is 0 Å². The van der Waals surface area contributed by atoms with Crippen LogP contribution in [0.4, 0.5) is 0 Å². The number of aliphatic hydroxyl groups excluding tert-OH is 2. The van der Waals surface area contributed by atoms with Crippen molar-refractivity contribution in [1.82, 2.24) is 0 Å². The third kappa shape index (κ3) is 6.53. The van der Waals surface area contributed by atoms with Crippen molar-refractivity contribution in [3.05, 3.63) is 71.8 Å². The number of phosphoric ester groups is 1. The smallest absolute Gasteiger partial charge is 0.394 e. The van der Waals surface area contributed by atoms with Gasteiger partial charge in [0.1, 0.15) is 6.10 Å². The summed E-state index contributed by atoms with van der Waals surface area (Å²) >= 11 is 0. The molecule has 6 nitrogen and oxygen atoms in total. The first-order valence-electron chi connectivity index (χ1n) is 7.52. The summed E-state index contributed by atoms with van der Waals surface area (Å²) in [6.07, 6.45) is -1.15. The Balaban J connectivity index is 1.98. The van der Waals surface area contributed by atoms with E-state index in [0.29, 0.717) is 0 Å². The molecule has 7 heteroatoms. The maximum atomic E-state index is 12.7. The Morgan fingerprint density at radius 3 is 1.71 bits per heavy atom. The van der Waals surface area contributed by atoms with Crippen molar-refractivity contribution in [3.8, 4) is 0 Å². The molecule has 2 aromatic carbocycles. The van der Waals surface area contributed by atoms with Gasteiger partial charge in [-0.05, 0) is 11.1 Å². The average Bonchev–Trinajstić information content (AvgIpc) is 2.65. The minimum atomic E-state index is -3.89. The maximum absolute atomic E-state index is 12.7. The zero-order chi connectivity index (χ0) is 17.3. The lowest BCUT2D eigenvalue weighted by Crippen LogP contribution is -2.19. The largest absolute Gasteiger partial charge is 0.475 e. The molecule has 0 saturated heterocycles. The fourth-order valence-corrected chi connectivity index (χ4v) is 2.99. The topological polar surface area (TPSA) is 85.2 Å². The minimum absolute atomic E-state index is 0.0438. The van der Waals surface area contributed by atoms with Gasteiger partial charge in [-0.25, -0.2) is 4.57 Å². The molecule has 2 aromatic rings. The number of phosphoric acid groups is 1. The molecule has 0 aliphatic rings. The summed E-state index contributed by atoms with van der Waals surface area (Å²) in [7, 11) is -3.89. The number of aliphatic hydroxyl groups is 2. The van der Waals surface area contributed by atoms with E-state index >= 15 is 0 Å². The lowest BCUT2D eigenvalue weighted by atomic mass is 10.2. The van der Waals surface area contributed by atoms with Crippen molar-refractivity contribution in [2.24, 2.45) is 0 Å². The summed E-state index contributed by atoms with van der Waals surface area (Å²) in [4.78, 5) is 0. The number of rotatable bonds is 10. The molecule has 0 saturated carbocycles. The lowest BCUT2D eigenvalue weighted by molar-refractivity contribution is 0.0264. The third-order valence-corrected chi connectivity index (χ3v) is 4.46. The van der Waals surface area contributed by atoms with E-state index in [9.17, 15) is 9.67 Å². The van der Waals surface area contributed by atoms with Crippen LogP contribution in [0.25, 0.3) is 0 Å². The van der Waals surface area contributed by atoms with Crippen LogP contribution in [-0.2, 0) is 31.4 Å². The second kappa shape index (κ2) is 9.69. The van der Waals surface area contributed by atoms with Crippen molar-refractivity contribution in [1.29, 1.82) is 0 Å². The first kappa shape index (κ1) is 18.8. The highest BCUT2D eigenvalue weighted by atomic mass is 31.2. The highest BCUT2D eigenvalue weighted by molar-refractivity contribution is 7.48. The van der Waals surface area contributed by atoms with Crippen LogP contribution in [0.2, 0.25) is 0 Å². The Hall–Kier alpha value is -1.53. The molecule has 130 valence electrons. The standard InChI is InChI=1S/C17H21O6P/c18-11-17(19)14-23-24(20,21-12-15-7-3-1-4-8-15)22-13-16-9-5-2-6-10-16/h1-10,17-19H,11-14H2. The summed E-state index contributed by atoms with van der Waals surface area (Å²) < 4.78 is 28.5. The third-order valence-electron chi connectivity index (χ3n) is 3.10. The normalized spacial score (nSPS) is 12.9. The number of hydrogen-bond acceptors (Lipinski definition) is 6. The van der Waals surface area contributed by atoms with Gasteiger partial charge in [-0.3, -0.25) is 13.6 Å². The predicted octanol–water partition coefficient (Wildman–Crippen LogP) is 2.90. The Labute approximate surface area is 141 Å². The van der Waals surface area contributed by atoms with Crippen LogP contribution in [0.3, 0.4) is 0 Å². The molecule has 0 aliphatic carbocycles. The maximum Gasteiger partial charge on any atom is 0.475 e. The zero-order valence-corrected chi connectivity index (χ0v) is 14.0. The Kier molecular flexibility index (Phi) is 7.59. The van der Waals surface area contributed by atoms with E-state index in [1.54, 1.807) is 0 Å². The highest BCUT2D eigenvalue weighted by Crippen LogP contribution is 2.51. The monoisotopic (exact) mass is 352 g/mol. The fraction of sp³-hybridized carbons (Fsp3) is 0.294. The molecule has 0 radical (unpaired) electrons. The summed E-state index contributed by atoms with van der Waals surface area (Å²) in [5.74, 6) is 0. The lowest BCUT2D eigenvalue weighted by Gasteiger charge is -2.19. The summed E-state index contributed by atoms with van der Waals surface area (Å²) in [5.41, 5.74) is 1.62. The number of benzene rings is 2. The molecule has 0 heterocycles. The molecule has 0 aliphatic heterocycles. The Bertz CT molecular complexity index is 587. The molecule has 0 fully saturated rings. The number of hydrogen-bond donors (Lipinski definition) is 2. The molecule has 2 N–H and O–H groups in total. The van der Waals surface area contributed by atoms with E-state index in [1.165, 1.54) is 0 Å². The van der Waals surface area contributed by atoms with Gasteiger partial charge in [0.2, 0.25) is 0 Å². The van der Waals surface area contributed by atoms with E-state index in [1.807, 2.05) is 60.7 Å². The van der Waals surface area contributed by atoms with Crippen LogP contribution < -0.4 is 0 Å². The molecule has 1 atom stereocenters. The second-order valence-electron chi connectivity index (χ2n) is 5.10. The van der Waals surface area contributed by atoms with Crippen LogP contribution in [-0.4, -0.2) is 29.5 Å². The van der Waals surface area contributed by atoms with Crippen molar-refractivity contribution < 1.29 is 28.3 Å². The predicted molar refractivity (Wildman–Crippen MR) is 89.1 cm³/mol. The van der Waals surface area contributed by atoms with E-state index in [2.05, 4.69) is 0 Å². The van der Waals surface area contributed by atoms with Crippen LogP contribution in [0.15, 0.2) is 60.7 Å². The van der Waals surface area contributed by atoms with Crippen molar-refractivity contribution in [2.45, 2.75) is 19.3 Å². The van der Waals surface area contributed by atoms with Crippen LogP contribution in [0, 0.1) is 0 Å². The molecule has 2 rings (SSSR count). The Morgan fingerprint density at radius 1 is 0.833 bits per heavy atom. The van der Waals surface area contributed by atoms with Gasteiger partial charge in [0.15, 0.2) is 0 Å². The summed E-state index contributed by atoms with van der Waals surface area (Å²) in [5, 5.41) is 18.2. The van der Waals surface area contributed by atoms with Gasteiger partial charge in [0, 0.05) is 0 Å². The molecule has 0 amide bonds. The van der Waals surface area contributed by atoms with E-state index < -0.39 is 20.5 Å². The van der Waals surface area contributed by atoms with Gasteiger partial charge < -0.3 is 10.2 Å². The van der Waals surface area contributed by atoms with Gasteiger partial charge in [0.05, 0.1) is 26.4 Å². The molecule has 0 spiro atoms. The molecule has 0 aromatic heterocycles. The first-order valence-corrected chi connectivity index (χ1v) is 8.98. The first-order chi connectivity index (χ1) is 11.6. The van der Waals surface area contributed by atoms with Gasteiger partial charge in [-0.2, -0.15) is 0 Å². The van der Waals surface area contributed by atoms with E-state index in [4.69, 9.17) is 18.7 Å². The van der Waals surface area contributed by atoms with Crippen LogP contribution in [0.5, 0.6) is 0 Å². The SMILES string of the molecule is O=P(OCc1ccccc1)(OCc1ccccc1)OCC(O)CO. The van der Waals surface area contributed by atoms with Crippen LogP contribution in [0.1, 0.15) is 11.1 Å². The van der Waals surface area contributed by atoms with Crippen LogP contribution >= 0.6 is 7.82 Å². The molecule has 1 unspecified atom stereocenters. The summed E-state index contributed by atoms with van der Waals surface area (Å²) in [6.45, 7) is -0.765. The van der Waals surface area contributed by atoms with Crippen molar-refractivity contribution >= 4 is 7.82 Å². The zero-order valence-electron chi connectivity index (χ0n) is 13.2. The molecule has 24 heavy (non-hydrogen) atoms. The van der Waals surface area contributed by atoms with Gasteiger partial charge in [0.25, 0.3) is 0 Å². The second-order valence-corrected chi connectivity index (χ2v) is 6.77. The average molecular weight is 352 g/mol. The quantitative estimate of drug-likeness (QED) is 0.640. The summed E-state index contributed by atoms with van der Waals surface area (Å²) in [6, 6.07) is 18.4.